The van der Waals surface area contributed by atoms with Gasteiger partial charge in [0, 0.05) is 3.81 Å². The molecule has 0 saturated heterocycles. The maximum atomic E-state index is 10.8. The molecule has 74 valence electrons. The van der Waals surface area contributed by atoms with Gasteiger partial charge in [0.1, 0.15) is 0 Å². The second-order valence-electron chi connectivity index (χ2n) is 3.84. The number of carbonyl (C=O) groups is 1. The van der Waals surface area contributed by atoms with Crippen molar-refractivity contribution in [1.82, 2.24) is 0 Å². The van der Waals surface area contributed by atoms with Crippen molar-refractivity contribution in [3.8, 4) is 0 Å². The number of thioether (sulfide) groups is 1. The van der Waals surface area contributed by atoms with E-state index >= 15 is 0 Å². The molecule has 2 atom stereocenters. The van der Waals surface area contributed by atoms with Gasteiger partial charge in [-0.05, 0) is 33.5 Å². The Morgan fingerprint density at radius 2 is 2.15 bits per heavy atom. The van der Waals surface area contributed by atoms with Crippen LogP contribution in [0.15, 0.2) is 9.89 Å². The smallest absolute Gasteiger partial charge is 0.307 e. The fraction of sp³-hybridized carbons (Fsp3) is 0.667. The standard InChI is InChI=1S/C9H13BrO2S/c1-9(2)5(4-6(10)13-3)7(9)8(11)12/h4-5,7H,1-3H3,(H,11,12)/b6-4-/t5-,7+/m1/s1. The normalized spacial score (nSPS) is 31.5. The van der Waals surface area contributed by atoms with Gasteiger partial charge in [0.15, 0.2) is 0 Å². The van der Waals surface area contributed by atoms with Crippen LogP contribution >= 0.6 is 27.7 Å². The molecule has 0 radical (unpaired) electrons. The molecule has 1 saturated carbocycles. The Balaban J connectivity index is 2.71. The molecular weight excluding hydrogens is 252 g/mol. The van der Waals surface area contributed by atoms with Gasteiger partial charge in [0.25, 0.3) is 0 Å². The quantitative estimate of drug-likeness (QED) is 0.852. The molecule has 0 bridgehead atoms. The van der Waals surface area contributed by atoms with Crippen LogP contribution in [0.3, 0.4) is 0 Å². The number of halogens is 1. The van der Waals surface area contributed by atoms with E-state index < -0.39 is 5.97 Å². The lowest BCUT2D eigenvalue weighted by molar-refractivity contribution is -0.139. The molecule has 0 aromatic carbocycles. The highest BCUT2D eigenvalue weighted by atomic mass is 79.9. The Hall–Kier alpha value is 0.0400. The highest BCUT2D eigenvalue weighted by Crippen LogP contribution is 2.59. The van der Waals surface area contributed by atoms with Crippen molar-refractivity contribution in [2.24, 2.45) is 17.3 Å². The molecule has 0 heterocycles. The van der Waals surface area contributed by atoms with Crippen LogP contribution in [0.2, 0.25) is 0 Å². The van der Waals surface area contributed by atoms with Crippen LogP contribution in [0, 0.1) is 17.3 Å². The SMILES string of the molecule is CS/C(Br)=C\[C@@H]1[C@@H](C(=O)O)C1(C)C. The van der Waals surface area contributed by atoms with E-state index in [2.05, 4.69) is 15.9 Å². The first kappa shape index (κ1) is 11.1. The van der Waals surface area contributed by atoms with E-state index in [1.54, 1.807) is 11.8 Å². The van der Waals surface area contributed by atoms with E-state index in [0.717, 1.165) is 3.81 Å². The molecule has 0 spiro atoms. The van der Waals surface area contributed by atoms with E-state index in [1.807, 2.05) is 26.2 Å². The fourth-order valence-electron chi connectivity index (χ4n) is 1.67. The molecule has 0 aromatic rings. The summed E-state index contributed by atoms with van der Waals surface area (Å²) < 4.78 is 1.02. The summed E-state index contributed by atoms with van der Waals surface area (Å²) in [7, 11) is 0. The van der Waals surface area contributed by atoms with Gasteiger partial charge in [-0.1, -0.05) is 19.9 Å². The van der Waals surface area contributed by atoms with Gasteiger partial charge in [-0.2, -0.15) is 0 Å². The van der Waals surface area contributed by atoms with E-state index in [4.69, 9.17) is 5.11 Å². The van der Waals surface area contributed by atoms with Gasteiger partial charge in [-0.3, -0.25) is 4.79 Å². The number of aliphatic carboxylic acids is 1. The molecule has 0 aliphatic heterocycles. The average molecular weight is 265 g/mol. The van der Waals surface area contributed by atoms with E-state index in [0.29, 0.717) is 0 Å². The molecule has 4 heteroatoms. The fourth-order valence-corrected chi connectivity index (χ4v) is 2.24. The number of allylic oxidation sites excluding steroid dienone is 1. The van der Waals surface area contributed by atoms with Crippen LogP contribution in [0.4, 0.5) is 0 Å². The van der Waals surface area contributed by atoms with Crippen molar-refractivity contribution in [3.63, 3.8) is 0 Å². The van der Waals surface area contributed by atoms with E-state index in [-0.39, 0.29) is 17.3 Å². The lowest BCUT2D eigenvalue weighted by atomic mass is 10.1. The lowest BCUT2D eigenvalue weighted by Crippen LogP contribution is -2.02. The molecule has 13 heavy (non-hydrogen) atoms. The van der Waals surface area contributed by atoms with Gasteiger partial charge in [0.2, 0.25) is 0 Å². The largest absolute Gasteiger partial charge is 0.481 e. The summed E-state index contributed by atoms with van der Waals surface area (Å²) in [6, 6.07) is 0. The monoisotopic (exact) mass is 264 g/mol. The number of carboxylic acids is 1. The highest BCUT2D eigenvalue weighted by Gasteiger charge is 2.60. The number of rotatable bonds is 3. The third-order valence-corrected chi connectivity index (χ3v) is 4.44. The topological polar surface area (TPSA) is 37.3 Å². The predicted octanol–water partition coefficient (Wildman–Crippen LogP) is 2.94. The van der Waals surface area contributed by atoms with Crippen molar-refractivity contribution in [2.75, 3.05) is 6.26 Å². The summed E-state index contributed by atoms with van der Waals surface area (Å²) in [4.78, 5) is 10.8. The summed E-state index contributed by atoms with van der Waals surface area (Å²) >= 11 is 4.97. The van der Waals surface area contributed by atoms with Crippen LogP contribution in [0.1, 0.15) is 13.8 Å². The van der Waals surface area contributed by atoms with Crippen LogP contribution in [0.25, 0.3) is 0 Å². The molecule has 1 fully saturated rings. The maximum Gasteiger partial charge on any atom is 0.307 e. The van der Waals surface area contributed by atoms with Crippen molar-refractivity contribution >= 4 is 33.7 Å². The van der Waals surface area contributed by atoms with Crippen LogP contribution in [-0.4, -0.2) is 17.3 Å². The van der Waals surface area contributed by atoms with Crippen molar-refractivity contribution in [3.05, 3.63) is 9.89 Å². The molecule has 1 rings (SSSR count). The molecule has 1 aliphatic rings. The third-order valence-electron chi connectivity index (χ3n) is 2.68. The number of carboxylic acid groups (broad SMARTS) is 1. The minimum absolute atomic E-state index is 0.0828. The third kappa shape index (κ3) is 2.10. The van der Waals surface area contributed by atoms with Gasteiger partial charge >= 0.3 is 5.97 Å². The summed E-state index contributed by atoms with van der Waals surface area (Å²) in [6.45, 7) is 3.99. The maximum absolute atomic E-state index is 10.8. The van der Waals surface area contributed by atoms with Gasteiger partial charge in [0.05, 0.1) is 5.92 Å². The Morgan fingerprint density at radius 1 is 1.62 bits per heavy atom. The van der Waals surface area contributed by atoms with Crippen LogP contribution in [0.5, 0.6) is 0 Å². The van der Waals surface area contributed by atoms with Crippen molar-refractivity contribution in [2.45, 2.75) is 13.8 Å². The molecular formula is C9H13BrO2S. The zero-order valence-electron chi connectivity index (χ0n) is 7.87. The van der Waals surface area contributed by atoms with E-state index in [1.165, 1.54) is 0 Å². The first-order valence-corrected chi connectivity index (χ1v) is 6.07. The van der Waals surface area contributed by atoms with E-state index in [9.17, 15) is 4.79 Å². The summed E-state index contributed by atoms with van der Waals surface area (Å²) in [6.07, 6.45) is 3.97. The first-order chi connectivity index (χ1) is 5.91. The Morgan fingerprint density at radius 3 is 2.46 bits per heavy atom. The number of hydrogen-bond donors (Lipinski definition) is 1. The van der Waals surface area contributed by atoms with Crippen LogP contribution < -0.4 is 0 Å². The Bertz CT molecular complexity index is 260. The van der Waals surface area contributed by atoms with Crippen molar-refractivity contribution < 1.29 is 9.90 Å². The molecule has 2 nitrogen and oxygen atoms in total. The summed E-state index contributed by atoms with van der Waals surface area (Å²) in [5.41, 5.74) is -0.0828. The minimum Gasteiger partial charge on any atom is -0.481 e. The predicted molar refractivity (Wildman–Crippen MR) is 58.9 cm³/mol. The molecule has 0 aromatic heterocycles. The average Bonchev–Trinajstić information content (AvgIpc) is 2.53. The zero-order chi connectivity index (χ0) is 10.2. The second kappa shape index (κ2) is 3.65. The molecule has 0 amide bonds. The second-order valence-corrected chi connectivity index (χ2v) is 6.07. The van der Waals surface area contributed by atoms with Crippen molar-refractivity contribution in [1.29, 1.82) is 0 Å². The summed E-state index contributed by atoms with van der Waals surface area (Å²) in [5.74, 6) is -0.730. The molecule has 1 aliphatic carbocycles. The summed E-state index contributed by atoms with van der Waals surface area (Å²) in [5, 5.41) is 8.89. The zero-order valence-corrected chi connectivity index (χ0v) is 10.3. The molecule has 1 N–H and O–H groups in total. The van der Waals surface area contributed by atoms with Gasteiger partial charge in [-0.25, -0.2) is 0 Å². The Labute approximate surface area is 90.9 Å². The minimum atomic E-state index is -0.687. The number of hydrogen-bond acceptors (Lipinski definition) is 2. The van der Waals surface area contributed by atoms with Gasteiger partial charge in [-0.15, -0.1) is 11.8 Å². The Kier molecular flexibility index (Phi) is 3.12. The van der Waals surface area contributed by atoms with Gasteiger partial charge < -0.3 is 5.11 Å². The van der Waals surface area contributed by atoms with Crippen LogP contribution in [-0.2, 0) is 4.79 Å². The first-order valence-electron chi connectivity index (χ1n) is 4.05. The lowest BCUT2D eigenvalue weighted by Gasteiger charge is -1.97. The molecule has 0 unspecified atom stereocenters. The highest BCUT2D eigenvalue weighted by molar-refractivity contribution is 9.14.